The zero-order valence-corrected chi connectivity index (χ0v) is 13.6. The summed E-state index contributed by atoms with van der Waals surface area (Å²) >= 11 is 0. The lowest BCUT2D eigenvalue weighted by Crippen LogP contribution is -2.25. The molecule has 5 heteroatoms. The summed E-state index contributed by atoms with van der Waals surface area (Å²) in [6, 6.07) is 12.1. The standard InChI is InChI=1S/C19H18FN3O/c1-13-3-4-15(14(2)9-13)10-22-19(24)18-11-21-12-23(18)17-7-5-16(20)6-8-17/h3-9,11-12H,10H2,1-2H3,(H,22,24). The molecule has 3 aromatic rings. The summed E-state index contributed by atoms with van der Waals surface area (Å²) < 4.78 is 14.7. The Morgan fingerprint density at radius 3 is 2.62 bits per heavy atom. The summed E-state index contributed by atoms with van der Waals surface area (Å²) in [7, 11) is 0. The van der Waals surface area contributed by atoms with E-state index >= 15 is 0 Å². The van der Waals surface area contributed by atoms with Gasteiger partial charge in [-0.2, -0.15) is 0 Å². The average molecular weight is 323 g/mol. The highest BCUT2D eigenvalue weighted by Crippen LogP contribution is 2.13. The molecule has 0 aliphatic carbocycles. The van der Waals surface area contributed by atoms with Gasteiger partial charge in [0, 0.05) is 12.2 Å². The fraction of sp³-hybridized carbons (Fsp3) is 0.158. The van der Waals surface area contributed by atoms with Crippen molar-refractivity contribution in [1.82, 2.24) is 14.9 Å². The van der Waals surface area contributed by atoms with E-state index in [0.717, 1.165) is 11.1 Å². The highest BCUT2D eigenvalue weighted by Gasteiger charge is 2.13. The minimum absolute atomic E-state index is 0.225. The molecular weight excluding hydrogens is 305 g/mol. The Bertz CT molecular complexity index is 869. The van der Waals surface area contributed by atoms with E-state index in [2.05, 4.69) is 16.4 Å². The molecule has 0 spiro atoms. The molecule has 0 unspecified atom stereocenters. The van der Waals surface area contributed by atoms with Crippen molar-refractivity contribution in [1.29, 1.82) is 0 Å². The molecule has 4 nitrogen and oxygen atoms in total. The number of nitrogens with one attached hydrogen (secondary N) is 1. The van der Waals surface area contributed by atoms with Gasteiger partial charge in [-0.3, -0.25) is 9.36 Å². The molecule has 0 saturated heterocycles. The van der Waals surface area contributed by atoms with Gasteiger partial charge in [0.1, 0.15) is 11.5 Å². The van der Waals surface area contributed by atoms with Crippen molar-refractivity contribution in [2.75, 3.05) is 0 Å². The summed E-state index contributed by atoms with van der Waals surface area (Å²) in [6.07, 6.45) is 3.04. The molecule has 0 aliphatic heterocycles. The van der Waals surface area contributed by atoms with Gasteiger partial charge in [0.2, 0.25) is 0 Å². The normalized spacial score (nSPS) is 10.6. The quantitative estimate of drug-likeness (QED) is 0.798. The number of carbonyl (C=O) groups excluding carboxylic acids is 1. The molecule has 1 N–H and O–H groups in total. The third-order valence-corrected chi connectivity index (χ3v) is 3.91. The van der Waals surface area contributed by atoms with Crippen LogP contribution in [0.4, 0.5) is 4.39 Å². The molecule has 0 radical (unpaired) electrons. The number of aromatic nitrogens is 2. The lowest BCUT2D eigenvalue weighted by atomic mass is 10.1. The van der Waals surface area contributed by atoms with E-state index in [1.54, 1.807) is 23.0 Å². The van der Waals surface area contributed by atoms with Crippen LogP contribution in [-0.2, 0) is 6.54 Å². The number of carbonyl (C=O) groups is 1. The average Bonchev–Trinajstić information content (AvgIpc) is 3.04. The van der Waals surface area contributed by atoms with Crippen molar-refractivity contribution in [2.45, 2.75) is 20.4 Å². The highest BCUT2D eigenvalue weighted by atomic mass is 19.1. The molecule has 0 saturated carbocycles. The number of aryl methyl sites for hydroxylation is 2. The van der Waals surface area contributed by atoms with Crippen LogP contribution < -0.4 is 5.32 Å². The third-order valence-electron chi connectivity index (χ3n) is 3.91. The van der Waals surface area contributed by atoms with Crippen LogP contribution >= 0.6 is 0 Å². The monoisotopic (exact) mass is 323 g/mol. The zero-order valence-electron chi connectivity index (χ0n) is 13.6. The van der Waals surface area contributed by atoms with Crippen LogP contribution in [0.1, 0.15) is 27.2 Å². The number of benzene rings is 2. The zero-order chi connectivity index (χ0) is 17.1. The molecule has 3 rings (SSSR count). The maximum atomic E-state index is 13.1. The van der Waals surface area contributed by atoms with Crippen molar-refractivity contribution in [3.63, 3.8) is 0 Å². The number of hydrogen-bond donors (Lipinski definition) is 1. The second kappa shape index (κ2) is 6.66. The van der Waals surface area contributed by atoms with Gasteiger partial charge in [-0.15, -0.1) is 0 Å². The summed E-state index contributed by atoms with van der Waals surface area (Å²) in [4.78, 5) is 16.5. The second-order valence-corrected chi connectivity index (χ2v) is 5.74. The largest absolute Gasteiger partial charge is 0.347 e. The topological polar surface area (TPSA) is 46.9 Å². The Morgan fingerprint density at radius 2 is 1.92 bits per heavy atom. The van der Waals surface area contributed by atoms with E-state index in [0.29, 0.717) is 17.9 Å². The number of nitrogens with zero attached hydrogens (tertiary/aromatic N) is 2. The predicted octanol–water partition coefficient (Wildman–Crippen LogP) is 3.56. The van der Waals surface area contributed by atoms with Gasteiger partial charge >= 0.3 is 0 Å². The molecule has 2 aromatic carbocycles. The first kappa shape index (κ1) is 15.9. The molecule has 1 amide bonds. The van der Waals surface area contributed by atoms with Crippen molar-refractivity contribution < 1.29 is 9.18 Å². The summed E-state index contributed by atoms with van der Waals surface area (Å²) in [5.74, 6) is -0.545. The van der Waals surface area contributed by atoms with Gasteiger partial charge in [0.15, 0.2) is 0 Å². The second-order valence-electron chi connectivity index (χ2n) is 5.74. The molecular formula is C19H18FN3O. The minimum atomic E-state index is -0.320. The van der Waals surface area contributed by atoms with E-state index < -0.39 is 0 Å². The highest BCUT2D eigenvalue weighted by molar-refractivity contribution is 5.93. The van der Waals surface area contributed by atoms with Gasteiger partial charge in [0.05, 0.1) is 12.5 Å². The molecule has 24 heavy (non-hydrogen) atoms. The Hall–Kier alpha value is -2.95. The molecule has 1 aromatic heterocycles. The van der Waals surface area contributed by atoms with Crippen LogP contribution in [0.5, 0.6) is 0 Å². The van der Waals surface area contributed by atoms with Crippen LogP contribution in [0.3, 0.4) is 0 Å². The lowest BCUT2D eigenvalue weighted by Gasteiger charge is -2.11. The van der Waals surface area contributed by atoms with Gasteiger partial charge in [-0.25, -0.2) is 9.37 Å². The smallest absolute Gasteiger partial charge is 0.270 e. The molecule has 0 aliphatic rings. The summed E-state index contributed by atoms with van der Waals surface area (Å²) in [6.45, 7) is 4.51. The molecule has 122 valence electrons. The molecule has 1 heterocycles. The fourth-order valence-corrected chi connectivity index (χ4v) is 2.58. The maximum absolute atomic E-state index is 13.1. The van der Waals surface area contributed by atoms with Crippen molar-refractivity contribution in [3.05, 3.63) is 83.2 Å². The number of amides is 1. The summed E-state index contributed by atoms with van der Waals surface area (Å²) in [5, 5.41) is 2.91. The molecule has 0 fully saturated rings. The van der Waals surface area contributed by atoms with E-state index in [9.17, 15) is 9.18 Å². The predicted molar refractivity (Wildman–Crippen MR) is 90.6 cm³/mol. The van der Waals surface area contributed by atoms with E-state index in [1.807, 2.05) is 26.0 Å². The number of halogens is 1. The first-order valence-electron chi connectivity index (χ1n) is 7.67. The number of hydrogen-bond acceptors (Lipinski definition) is 2. The van der Waals surface area contributed by atoms with E-state index in [4.69, 9.17) is 0 Å². The Kier molecular flexibility index (Phi) is 4.42. The van der Waals surface area contributed by atoms with Gasteiger partial charge in [0.25, 0.3) is 5.91 Å². The van der Waals surface area contributed by atoms with Crippen LogP contribution in [0.25, 0.3) is 5.69 Å². The molecule has 0 bridgehead atoms. The van der Waals surface area contributed by atoms with Crippen molar-refractivity contribution in [3.8, 4) is 5.69 Å². The Labute approximate surface area is 140 Å². The lowest BCUT2D eigenvalue weighted by molar-refractivity contribution is 0.0944. The van der Waals surface area contributed by atoms with Gasteiger partial charge in [-0.05, 0) is 49.2 Å². The van der Waals surface area contributed by atoms with E-state index in [-0.39, 0.29) is 11.7 Å². The number of imidazole rings is 1. The molecule has 0 atom stereocenters. The van der Waals surface area contributed by atoms with E-state index in [1.165, 1.54) is 23.9 Å². The third kappa shape index (κ3) is 3.35. The summed E-state index contributed by atoms with van der Waals surface area (Å²) in [5.41, 5.74) is 4.50. The maximum Gasteiger partial charge on any atom is 0.270 e. The SMILES string of the molecule is Cc1ccc(CNC(=O)c2cncn2-c2ccc(F)cc2)c(C)c1. The van der Waals surface area contributed by atoms with Gasteiger partial charge in [-0.1, -0.05) is 23.8 Å². The van der Waals surface area contributed by atoms with Crippen molar-refractivity contribution in [2.24, 2.45) is 0 Å². The fourth-order valence-electron chi connectivity index (χ4n) is 2.58. The van der Waals surface area contributed by atoms with Crippen LogP contribution in [0.2, 0.25) is 0 Å². The van der Waals surface area contributed by atoms with Crippen LogP contribution in [0, 0.1) is 19.7 Å². The van der Waals surface area contributed by atoms with Crippen LogP contribution in [-0.4, -0.2) is 15.5 Å². The van der Waals surface area contributed by atoms with Crippen LogP contribution in [0.15, 0.2) is 55.0 Å². The number of rotatable bonds is 4. The first-order chi connectivity index (χ1) is 11.5. The Balaban J connectivity index is 1.76. The minimum Gasteiger partial charge on any atom is -0.347 e. The first-order valence-corrected chi connectivity index (χ1v) is 7.67. The van der Waals surface area contributed by atoms with Gasteiger partial charge < -0.3 is 5.32 Å². The van der Waals surface area contributed by atoms with Crippen molar-refractivity contribution >= 4 is 5.91 Å². The Morgan fingerprint density at radius 1 is 1.17 bits per heavy atom.